The molecule has 0 bridgehead atoms. The number of nitrogens with zero attached hydrogens (tertiary/aromatic N) is 2. The molecule has 122 valence electrons. The highest BCUT2D eigenvalue weighted by atomic mass is 32.2. The van der Waals surface area contributed by atoms with Crippen molar-refractivity contribution in [3.05, 3.63) is 23.7 Å². The van der Waals surface area contributed by atoms with E-state index < -0.39 is 10.0 Å². The number of morpholine rings is 1. The van der Waals surface area contributed by atoms with Crippen molar-refractivity contribution in [1.29, 1.82) is 0 Å². The number of likely N-dealkylation sites (tertiary alicyclic amines) is 1. The van der Waals surface area contributed by atoms with Crippen molar-refractivity contribution in [2.75, 3.05) is 32.5 Å². The van der Waals surface area contributed by atoms with Crippen LogP contribution in [0.2, 0.25) is 0 Å². The minimum atomic E-state index is -3.31. The summed E-state index contributed by atoms with van der Waals surface area (Å²) in [5.41, 5.74) is 0. The zero-order chi connectivity index (χ0) is 15.9. The summed E-state index contributed by atoms with van der Waals surface area (Å²) in [6, 6.07) is 3.07. The highest BCUT2D eigenvalue weighted by molar-refractivity contribution is 7.88. The van der Waals surface area contributed by atoms with E-state index in [2.05, 4.69) is 0 Å². The van der Waals surface area contributed by atoms with Gasteiger partial charge in [0.2, 0.25) is 10.0 Å². The highest BCUT2D eigenvalue weighted by Crippen LogP contribution is 2.26. The van der Waals surface area contributed by atoms with Crippen LogP contribution in [0.15, 0.2) is 16.5 Å². The fraction of sp³-hybridized carbons (Fsp3) is 0.643. The molecule has 8 heteroatoms. The van der Waals surface area contributed by atoms with Crippen molar-refractivity contribution in [2.45, 2.75) is 25.5 Å². The van der Waals surface area contributed by atoms with E-state index >= 15 is 0 Å². The molecule has 0 radical (unpaired) electrons. The summed E-state index contributed by atoms with van der Waals surface area (Å²) in [5.74, 6) is 0.765. The maximum Gasteiger partial charge on any atom is 0.289 e. The van der Waals surface area contributed by atoms with Gasteiger partial charge in [-0.25, -0.2) is 8.42 Å². The number of hydrogen-bond acceptors (Lipinski definition) is 5. The van der Waals surface area contributed by atoms with Crippen molar-refractivity contribution in [3.63, 3.8) is 0 Å². The molecule has 2 aliphatic rings. The predicted molar refractivity (Wildman–Crippen MR) is 79.0 cm³/mol. The first-order valence-electron chi connectivity index (χ1n) is 7.30. The van der Waals surface area contributed by atoms with E-state index in [9.17, 15) is 13.2 Å². The molecular formula is C14H20N2O5S. The monoisotopic (exact) mass is 328 g/mol. The van der Waals surface area contributed by atoms with E-state index in [0.717, 1.165) is 0 Å². The number of hydrogen-bond donors (Lipinski definition) is 0. The number of ether oxygens (including phenoxy) is 1. The molecule has 1 aromatic heterocycles. The Morgan fingerprint density at radius 1 is 1.32 bits per heavy atom. The van der Waals surface area contributed by atoms with Crippen LogP contribution in [-0.2, 0) is 14.8 Å². The van der Waals surface area contributed by atoms with E-state index in [1.165, 1.54) is 10.6 Å². The summed E-state index contributed by atoms with van der Waals surface area (Å²) in [7, 11) is -3.31. The molecule has 0 N–H and O–H groups in total. The summed E-state index contributed by atoms with van der Waals surface area (Å²) in [6.45, 7) is 3.39. The maximum absolute atomic E-state index is 12.5. The van der Waals surface area contributed by atoms with Crippen LogP contribution in [0.3, 0.4) is 0 Å². The molecule has 0 aliphatic carbocycles. The Kier molecular flexibility index (Phi) is 4.00. The van der Waals surface area contributed by atoms with Gasteiger partial charge >= 0.3 is 0 Å². The van der Waals surface area contributed by atoms with Gasteiger partial charge in [0.25, 0.3) is 5.91 Å². The standard InChI is InChI=1S/C14H20N2O5S/c1-10-3-4-13(21-10)14(17)15-6-5-12-11(9-15)16(7-8-20-12)22(2,18)19/h3-4,11-12H,5-9H2,1-2H3/t11-,12-/m1/s1. The molecule has 2 saturated heterocycles. The number of fused-ring (bicyclic) bond motifs is 1. The van der Waals surface area contributed by atoms with E-state index in [4.69, 9.17) is 9.15 Å². The van der Waals surface area contributed by atoms with Gasteiger partial charge in [0.05, 0.1) is 25.0 Å². The van der Waals surface area contributed by atoms with Crippen LogP contribution in [0, 0.1) is 6.92 Å². The van der Waals surface area contributed by atoms with Gasteiger partial charge in [0.1, 0.15) is 5.76 Å². The minimum absolute atomic E-state index is 0.147. The molecule has 2 atom stereocenters. The topological polar surface area (TPSA) is 80.1 Å². The van der Waals surface area contributed by atoms with Gasteiger partial charge in [-0.1, -0.05) is 0 Å². The van der Waals surface area contributed by atoms with Gasteiger partial charge in [-0.3, -0.25) is 4.79 Å². The first-order chi connectivity index (χ1) is 10.4. The van der Waals surface area contributed by atoms with Gasteiger partial charge in [-0.05, 0) is 25.5 Å². The number of aryl methyl sites for hydroxylation is 1. The van der Waals surface area contributed by atoms with Crippen LogP contribution in [0.5, 0.6) is 0 Å². The Labute approximate surface area is 129 Å². The molecule has 0 saturated carbocycles. The van der Waals surface area contributed by atoms with Crippen molar-refractivity contribution >= 4 is 15.9 Å². The molecule has 0 spiro atoms. The number of carbonyl (C=O) groups is 1. The lowest BCUT2D eigenvalue weighted by atomic mass is 10.0. The molecule has 7 nitrogen and oxygen atoms in total. The van der Waals surface area contributed by atoms with Gasteiger partial charge in [0, 0.05) is 19.6 Å². The average molecular weight is 328 g/mol. The number of piperidine rings is 1. The van der Waals surface area contributed by atoms with Crippen molar-refractivity contribution in [2.24, 2.45) is 0 Å². The zero-order valence-electron chi connectivity index (χ0n) is 12.7. The zero-order valence-corrected chi connectivity index (χ0v) is 13.5. The molecule has 2 aliphatic heterocycles. The van der Waals surface area contributed by atoms with Crippen LogP contribution in [0.4, 0.5) is 0 Å². The van der Waals surface area contributed by atoms with Crippen LogP contribution in [0.25, 0.3) is 0 Å². The highest BCUT2D eigenvalue weighted by Gasteiger charge is 2.42. The lowest BCUT2D eigenvalue weighted by Gasteiger charge is -2.45. The second kappa shape index (κ2) is 5.68. The van der Waals surface area contributed by atoms with Crippen LogP contribution in [-0.4, -0.2) is 68.2 Å². The number of rotatable bonds is 2. The second-order valence-corrected chi connectivity index (χ2v) is 7.74. The first kappa shape index (κ1) is 15.5. The van der Waals surface area contributed by atoms with E-state index in [0.29, 0.717) is 44.2 Å². The summed E-state index contributed by atoms with van der Waals surface area (Å²) < 4.78 is 36.4. The average Bonchev–Trinajstić information content (AvgIpc) is 2.91. The number of amides is 1. The summed E-state index contributed by atoms with van der Waals surface area (Å²) >= 11 is 0. The Morgan fingerprint density at radius 2 is 2.09 bits per heavy atom. The molecule has 0 aromatic carbocycles. The summed E-state index contributed by atoms with van der Waals surface area (Å²) in [5, 5.41) is 0. The second-order valence-electron chi connectivity index (χ2n) is 5.80. The van der Waals surface area contributed by atoms with Crippen LogP contribution in [0.1, 0.15) is 22.7 Å². The molecular weight excluding hydrogens is 308 g/mol. The third kappa shape index (κ3) is 2.90. The third-order valence-corrected chi connectivity index (χ3v) is 5.50. The Bertz CT molecular complexity index is 669. The van der Waals surface area contributed by atoms with E-state index in [-0.39, 0.29) is 18.1 Å². The lowest BCUT2D eigenvalue weighted by Crippen LogP contribution is -2.61. The first-order valence-corrected chi connectivity index (χ1v) is 9.15. The fourth-order valence-corrected chi connectivity index (χ4v) is 4.24. The van der Waals surface area contributed by atoms with Crippen molar-refractivity contribution in [3.8, 4) is 0 Å². The van der Waals surface area contributed by atoms with Gasteiger partial charge in [0.15, 0.2) is 5.76 Å². The quantitative estimate of drug-likeness (QED) is 0.788. The van der Waals surface area contributed by atoms with Gasteiger partial charge < -0.3 is 14.1 Å². The molecule has 3 rings (SSSR count). The van der Waals surface area contributed by atoms with Crippen molar-refractivity contribution in [1.82, 2.24) is 9.21 Å². The normalized spacial score (nSPS) is 26.7. The number of furan rings is 1. The van der Waals surface area contributed by atoms with Crippen molar-refractivity contribution < 1.29 is 22.4 Å². The largest absolute Gasteiger partial charge is 0.456 e. The Balaban J connectivity index is 1.79. The minimum Gasteiger partial charge on any atom is -0.456 e. The van der Waals surface area contributed by atoms with Gasteiger partial charge in [-0.2, -0.15) is 4.31 Å². The number of sulfonamides is 1. The molecule has 1 amide bonds. The summed E-state index contributed by atoms with van der Waals surface area (Å²) in [6.07, 6.45) is 1.68. The molecule has 22 heavy (non-hydrogen) atoms. The molecule has 0 unspecified atom stereocenters. The molecule has 2 fully saturated rings. The Hall–Kier alpha value is -1.38. The lowest BCUT2D eigenvalue weighted by molar-refractivity contribution is -0.0707. The third-order valence-electron chi connectivity index (χ3n) is 4.20. The summed E-state index contributed by atoms with van der Waals surface area (Å²) in [4.78, 5) is 14.1. The van der Waals surface area contributed by atoms with Crippen LogP contribution >= 0.6 is 0 Å². The maximum atomic E-state index is 12.5. The van der Waals surface area contributed by atoms with E-state index in [1.807, 2.05) is 0 Å². The Morgan fingerprint density at radius 3 is 2.73 bits per heavy atom. The molecule has 3 heterocycles. The van der Waals surface area contributed by atoms with Crippen LogP contribution < -0.4 is 0 Å². The number of carbonyl (C=O) groups excluding carboxylic acids is 1. The van der Waals surface area contributed by atoms with Gasteiger partial charge in [-0.15, -0.1) is 0 Å². The fourth-order valence-electron chi connectivity index (χ4n) is 3.14. The van der Waals surface area contributed by atoms with E-state index in [1.54, 1.807) is 24.0 Å². The smallest absolute Gasteiger partial charge is 0.289 e. The molecule has 1 aromatic rings. The predicted octanol–water partition coefficient (Wildman–Crippen LogP) is 0.463. The SMILES string of the molecule is Cc1ccc(C(=O)N2CC[C@H]3OCCN(S(C)(=O)=O)[C@@H]3C2)o1.